The minimum Gasteiger partial charge on any atom is -0.356 e. The summed E-state index contributed by atoms with van der Waals surface area (Å²) < 4.78 is 40.5. The molecule has 9 heteroatoms. The summed E-state index contributed by atoms with van der Waals surface area (Å²) in [6.07, 6.45) is 0.426. The van der Waals surface area contributed by atoms with Gasteiger partial charge in [-0.05, 0) is 31.0 Å². The first-order valence-corrected chi connectivity index (χ1v) is 9.74. The number of benzene rings is 1. The quantitative estimate of drug-likeness (QED) is 0.610. The van der Waals surface area contributed by atoms with Gasteiger partial charge in [-0.2, -0.15) is 18.3 Å². The maximum absolute atomic E-state index is 12.9. The average Bonchev–Trinajstić information content (AvgIpc) is 3.20. The van der Waals surface area contributed by atoms with Crippen LogP contribution in [0.25, 0.3) is 5.69 Å². The van der Waals surface area contributed by atoms with Gasteiger partial charge in [0.05, 0.1) is 11.9 Å². The maximum atomic E-state index is 12.9. The molecular weight excluding hydrogens is 381 g/mol. The SMILES string of the molecule is CN=C(NCCc1cnn(-c2ccccc2)c1)N1CCN(C(C)C(F)(F)F)CC1. The van der Waals surface area contributed by atoms with E-state index in [0.717, 1.165) is 23.6 Å². The van der Waals surface area contributed by atoms with E-state index in [-0.39, 0.29) is 0 Å². The average molecular weight is 408 g/mol. The van der Waals surface area contributed by atoms with Gasteiger partial charge in [0.1, 0.15) is 6.04 Å². The zero-order valence-electron chi connectivity index (χ0n) is 16.7. The zero-order valence-corrected chi connectivity index (χ0v) is 16.7. The van der Waals surface area contributed by atoms with Gasteiger partial charge < -0.3 is 10.2 Å². The lowest BCUT2D eigenvalue weighted by Crippen LogP contribution is -2.56. The molecule has 2 heterocycles. The predicted molar refractivity (Wildman–Crippen MR) is 107 cm³/mol. The number of guanidine groups is 1. The van der Waals surface area contributed by atoms with Crippen molar-refractivity contribution in [1.82, 2.24) is 24.9 Å². The normalized spacial score (nSPS) is 17.4. The molecular formula is C20H27F3N6. The van der Waals surface area contributed by atoms with Gasteiger partial charge in [-0.25, -0.2) is 4.68 Å². The molecule has 1 saturated heterocycles. The van der Waals surface area contributed by atoms with Crippen LogP contribution in [0.1, 0.15) is 12.5 Å². The van der Waals surface area contributed by atoms with E-state index >= 15 is 0 Å². The van der Waals surface area contributed by atoms with Crippen molar-refractivity contribution in [1.29, 1.82) is 0 Å². The highest BCUT2D eigenvalue weighted by molar-refractivity contribution is 5.80. The fraction of sp³-hybridized carbons (Fsp3) is 0.500. The molecule has 1 atom stereocenters. The summed E-state index contributed by atoms with van der Waals surface area (Å²) >= 11 is 0. The molecule has 3 rings (SSSR count). The van der Waals surface area contributed by atoms with Crippen LogP contribution in [-0.2, 0) is 6.42 Å². The second-order valence-corrected chi connectivity index (χ2v) is 7.09. The Bertz CT molecular complexity index is 794. The highest BCUT2D eigenvalue weighted by Gasteiger charge is 2.41. The lowest BCUT2D eigenvalue weighted by molar-refractivity contribution is -0.181. The van der Waals surface area contributed by atoms with Gasteiger partial charge in [0.2, 0.25) is 0 Å². The van der Waals surface area contributed by atoms with Crippen LogP contribution in [0.4, 0.5) is 13.2 Å². The van der Waals surface area contributed by atoms with Crippen LogP contribution in [0.2, 0.25) is 0 Å². The first-order chi connectivity index (χ1) is 13.9. The largest absolute Gasteiger partial charge is 0.403 e. The van der Waals surface area contributed by atoms with Crippen molar-refractivity contribution >= 4 is 5.96 Å². The standard InChI is InChI=1S/C20H27F3N6/c1-16(20(21,22)23)27-10-12-28(13-11-27)19(24-2)25-9-8-17-14-26-29(15-17)18-6-4-3-5-7-18/h3-7,14-16H,8-13H2,1-2H3,(H,24,25). The van der Waals surface area contributed by atoms with Crippen molar-refractivity contribution < 1.29 is 13.2 Å². The van der Waals surface area contributed by atoms with Crippen LogP contribution >= 0.6 is 0 Å². The third-order valence-electron chi connectivity index (χ3n) is 5.20. The molecule has 29 heavy (non-hydrogen) atoms. The Balaban J connectivity index is 1.46. The number of piperazine rings is 1. The highest BCUT2D eigenvalue weighted by atomic mass is 19.4. The summed E-state index contributed by atoms with van der Waals surface area (Å²) in [5.74, 6) is 0.722. The Labute approximate surface area is 169 Å². The number of nitrogens with one attached hydrogen (secondary N) is 1. The number of alkyl halides is 3. The van der Waals surface area contributed by atoms with E-state index in [1.807, 2.05) is 52.3 Å². The number of aliphatic imine (C=N–C) groups is 1. The van der Waals surface area contributed by atoms with Crippen molar-refractivity contribution in [2.45, 2.75) is 25.6 Å². The molecule has 2 aromatic rings. The molecule has 0 saturated carbocycles. The van der Waals surface area contributed by atoms with Gasteiger partial charge in [-0.15, -0.1) is 0 Å². The van der Waals surface area contributed by atoms with E-state index < -0.39 is 12.2 Å². The van der Waals surface area contributed by atoms with Gasteiger partial charge in [0, 0.05) is 46.0 Å². The Morgan fingerprint density at radius 1 is 1.17 bits per heavy atom. The number of para-hydroxylation sites is 1. The first kappa shape index (κ1) is 21.2. The van der Waals surface area contributed by atoms with Crippen LogP contribution in [-0.4, -0.2) is 77.5 Å². The molecule has 1 N–H and O–H groups in total. The summed E-state index contributed by atoms with van der Waals surface area (Å²) in [4.78, 5) is 7.77. The number of halogens is 3. The predicted octanol–water partition coefficient (Wildman–Crippen LogP) is 2.56. The second kappa shape index (κ2) is 9.30. The monoisotopic (exact) mass is 408 g/mol. The Kier molecular flexibility index (Phi) is 6.79. The maximum Gasteiger partial charge on any atom is 0.403 e. The number of nitrogens with zero attached hydrogens (tertiary/aromatic N) is 5. The summed E-state index contributed by atoms with van der Waals surface area (Å²) in [7, 11) is 1.69. The van der Waals surface area contributed by atoms with Gasteiger partial charge in [-0.3, -0.25) is 9.89 Å². The molecule has 1 aromatic carbocycles. The summed E-state index contributed by atoms with van der Waals surface area (Å²) in [5.41, 5.74) is 2.11. The molecule has 0 aliphatic carbocycles. The molecule has 1 unspecified atom stereocenters. The van der Waals surface area contributed by atoms with E-state index in [2.05, 4.69) is 15.4 Å². The van der Waals surface area contributed by atoms with Gasteiger partial charge in [0.15, 0.2) is 5.96 Å². The van der Waals surface area contributed by atoms with E-state index in [0.29, 0.717) is 32.7 Å². The Morgan fingerprint density at radius 3 is 2.48 bits per heavy atom. The lowest BCUT2D eigenvalue weighted by atomic mass is 10.2. The smallest absolute Gasteiger partial charge is 0.356 e. The van der Waals surface area contributed by atoms with Gasteiger partial charge in [0.25, 0.3) is 0 Å². The summed E-state index contributed by atoms with van der Waals surface area (Å²) in [5, 5.41) is 7.70. The molecule has 0 amide bonds. The van der Waals surface area contributed by atoms with Crippen LogP contribution in [0.5, 0.6) is 0 Å². The van der Waals surface area contributed by atoms with E-state index in [1.165, 1.54) is 11.8 Å². The third kappa shape index (κ3) is 5.50. The highest BCUT2D eigenvalue weighted by Crippen LogP contribution is 2.25. The van der Waals surface area contributed by atoms with Crippen molar-refractivity contribution in [3.05, 3.63) is 48.3 Å². The van der Waals surface area contributed by atoms with Crippen molar-refractivity contribution in [3.63, 3.8) is 0 Å². The number of rotatable bonds is 5. The van der Waals surface area contributed by atoms with Crippen molar-refractivity contribution in [3.8, 4) is 5.69 Å². The molecule has 0 radical (unpaired) electrons. The molecule has 1 aromatic heterocycles. The van der Waals surface area contributed by atoms with E-state index in [9.17, 15) is 13.2 Å². The number of aromatic nitrogens is 2. The lowest BCUT2D eigenvalue weighted by Gasteiger charge is -2.39. The molecule has 0 spiro atoms. The molecule has 1 fully saturated rings. The minimum atomic E-state index is -4.19. The number of hydrogen-bond acceptors (Lipinski definition) is 3. The Morgan fingerprint density at radius 2 is 1.86 bits per heavy atom. The molecule has 1 aliphatic rings. The number of hydrogen-bond donors (Lipinski definition) is 1. The van der Waals surface area contributed by atoms with E-state index in [1.54, 1.807) is 7.05 Å². The summed E-state index contributed by atoms with van der Waals surface area (Å²) in [6.45, 7) is 3.67. The van der Waals surface area contributed by atoms with Gasteiger partial charge >= 0.3 is 6.18 Å². The second-order valence-electron chi connectivity index (χ2n) is 7.09. The fourth-order valence-corrected chi connectivity index (χ4v) is 3.39. The molecule has 0 bridgehead atoms. The summed E-state index contributed by atoms with van der Waals surface area (Å²) in [6, 6.07) is 8.48. The van der Waals surface area contributed by atoms with Crippen molar-refractivity contribution in [2.75, 3.05) is 39.8 Å². The molecule has 6 nitrogen and oxygen atoms in total. The van der Waals surface area contributed by atoms with Crippen LogP contribution < -0.4 is 5.32 Å². The molecule has 158 valence electrons. The van der Waals surface area contributed by atoms with Crippen molar-refractivity contribution in [2.24, 2.45) is 4.99 Å². The Hall–Kier alpha value is -2.55. The van der Waals surface area contributed by atoms with Gasteiger partial charge in [-0.1, -0.05) is 18.2 Å². The molecule has 1 aliphatic heterocycles. The zero-order chi connectivity index (χ0) is 20.9. The fourth-order valence-electron chi connectivity index (χ4n) is 3.39. The van der Waals surface area contributed by atoms with Crippen LogP contribution in [0, 0.1) is 0 Å². The minimum absolute atomic E-state index is 0.366. The third-order valence-corrected chi connectivity index (χ3v) is 5.20. The van der Waals surface area contributed by atoms with Crippen LogP contribution in [0.15, 0.2) is 47.7 Å². The first-order valence-electron chi connectivity index (χ1n) is 9.74. The van der Waals surface area contributed by atoms with Crippen LogP contribution in [0.3, 0.4) is 0 Å². The topological polar surface area (TPSA) is 48.7 Å². The van der Waals surface area contributed by atoms with E-state index in [4.69, 9.17) is 0 Å².